The monoisotopic (exact) mass is 613 g/mol. The summed E-state index contributed by atoms with van der Waals surface area (Å²) in [5.74, 6) is -0.702. The predicted molar refractivity (Wildman–Crippen MR) is 174 cm³/mol. The first kappa shape index (κ1) is 31.8. The Morgan fingerprint density at radius 1 is 0.911 bits per heavy atom. The van der Waals surface area contributed by atoms with E-state index in [0.717, 1.165) is 51.0 Å². The Balaban J connectivity index is 1.21. The fourth-order valence-corrected chi connectivity index (χ4v) is 5.15. The maximum atomic E-state index is 15.2. The molecule has 236 valence electrons. The van der Waals surface area contributed by atoms with Crippen LogP contribution in [-0.2, 0) is 9.59 Å². The molecule has 1 aliphatic carbocycles. The number of ether oxygens (including phenoxy) is 1. The molecule has 2 amide bonds. The molecule has 1 fully saturated rings. The van der Waals surface area contributed by atoms with E-state index in [1.54, 1.807) is 24.4 Å². The quantitative estimate of drug-likeness (QED) is 0.102. The minimum absolute atomic E-state index is 0.0501. The molecule has 0 spiro atoms. The molecule has 2 heterocycles. The van der Waals surface area contributed by atoms with E-state index in [4.69, 9.17) is 4.74 Å². The number of aromatic nitrogens is 3. The molecule has 2 aromatic heterocycles. The number of halogens is 1. The lowest BCUT2D eigenvalue weighted by Crippen LogP contribution is -2.35. The highest BCUT2D eigenvalue weighted by molar-refractivity contribution is 6.16. The Bertz CT molecular complexity index is 1640. The van der Waals surface area contributed by atoms with Gasteiger partial charge in [-0.05, 0) is 82.9 Å². The Hall–Kier alpha value is -4.64. The summed E-state index contributed by atoms with van der Waals surface area (Å²) in [5, 5.41) is 8.83. The third-order valence-electron chi connectivity index (χ3n) is 7.78. The number of pyridine rings is 1. The van der Waals surface area contributed by atoms with Gasteiger partial charge in [0.25, 0.3) is 0 Å². The van der Waals surface area contributed by atoms with Crippen LogP contribution in [0.4, 0.5) is 21.6 Å². The van der Waals surface area contributed by atoms with Crippen molar-refractivity contribution in [2.75, 3.05) is 42.1 Å². The fraction of sp³-hybridized carbons (Fsp3) is 0.382. The molecule has 1 aliphatic rings. The van der Waals surface area contributed by atoms with Crippen LogP contribution >= 0.6 is 0 Å². The van der Waals surface area contributed by atoms with Gasteiger partial charge in [-0.25, -0.2) is 19.3 Å². The van der Waals surface area contributed by atoms with Crippen LogP contribution in [0.25, 0.3) is 11.2 Å². The van der Waals surface area contributed by atoms with E-state index in [2.05, 4.69) is 49.6 Å². The smallest absolute Gasteiger partial charge is 0.240 e. The molecule has 5 rings (SSSR count). The summed E-state index contributed by atoms with van der Waals surface area (Å²) < 4.78 is 21.1. The van der Waals surface area contributed by atoms with Crippen LogP contribution < -0.4 is 20.7 Å². The third-order valence-corrected chi connectivity index (χ3v) is 7.78. The molecule has 10 nitrogen and oxygen atoms in total. The van der Waals surface area contributed by atoms with Gasteiger partial charge in [-0.15, -0.1) is 0 Å². The van der Waals surface area contributed by atoms with Gasteiger partial charge in [0.05, 0.1) is 6.20 Å². The Labute approximate surface area is 262 Å². The summed E-state index contributed by atoms with van der Waals surface area (Å²) in [7, 11) is 0. The second-order valence-corrected chi connectivity index (χ2v) is 11.5. The number of hydrogen-bond acceptors (Lipinski definition) is 8. The van der Waals surface area contributed by atoms with Crippen molar-refractivity contribution >= 4 is 40.2 Å². The van der Waals surface area contributed by atoms with Gasteiger partial charge in [0, 0.05) is 36.2 Å². The molecule has 0 atom stereocenters. The molecule has 0 radical (unpaired) electrons. The van der Waals surface area contributed by atoms with Gasteiger partial charge >= 0.3 is 0 Å². The summed E-state index contributed by atoms with van der Waals surface area (Å²) in [4.78, 5) is 41.8. The number of amides is 2. The Kier molecular flexibility index (Phi) is 10.2. The van der Waals surface area contributed by atoms with Crippen LogP contribution in [0.3, 0.4) is 0 Å². The van der Waals surface area contributed by atoms with Gasteiger partial charge in [0.1, 0.15) is 11.2 Å². The molecule has 0 unspecified atom stereocenters. The maximum absolute atomic E-state index is 15.2. The van der Waals surface area contributed by atoms with Crippen molar-refractivity contribution < 1.29 is 18.7 Å². The van der Waals surface area contributed by atoms with Gasteiger partial charge < -0.3 is 25.6 Å². The zero-order valence-electron chi connectivity index (χ0n) is 26.0. The number of carbonyl (C=O) groups excluding carboxylic acids is 2. The lowest BCUT2D eigenvalue weighted by atomic mass is 10.0. The molecule has 11 heteroatoms. The lowest BCUT2D eigenvalue weighted by molar-refractivity contribution is -0.131. The van der Waals surface area contributed by atoms with E-state index < -0.39 is 17.1 Å². The SMILES string of the molecule is CCCN(CCC)CCCNc1cnc2nccc(Oc3ccc(NC(=O)C4(C(=O)Nc5ccc(C)cc5)CC4)cc3F)c2n1. The summed E-state index contributed by atoms with van der Waals surface area (Å²) in [6.45, 7) is 10.3. The summed E-state index contributed by atoms with van der Waals surface area (Å²) in [5.41, 5.74) is 1.50. The Morgan fingerprint density at radius 2 is 1.60 bits per heavy atom. The largest absolute Gasteiger partial charge is 0.452 e. The van der Waals surface area contributed by atoms with E-state index >= 15 is 4.39 Å². The van der Waals surface area contributed by atoms with Gasteiger partial charge in [-0.1, -0.05) is 31.5 Å². The molecular weight excluding hydrogens is 573 g/mol. The van der Waals surface area contributed by atoms with Crippen molar-refractivity contribution in [1.82, 2.24) is 19.9 Å². The molecule has 3 N–H and O–H groups in total. The first-order valence-corrected chi connectivity index (χ1v) is 15.6. The average Bonchev–Trinajstić information content (AvgIpc) is 3.85. The summed E-state index contributed by atoms with van der Waals surface area (Å²) in [6, 6.07) is 13.1. The van der Waals surface area contributed by atoms with Gasteiger partial charge in [-0.2, -0.15) is 0 Å². The van der Waals surface area contributed by atoms with Gasteiger partial charge in [0.15, 0.2) is 28.5 Å². The number of anilines is 3. The third kappa shape index (κ3) is 7.91. The van der Waals surface area contributed by atoms with Crippen LogP contribution in [0.15, 0.2) is 60.9 Å². The first-order chi connectivity index (χ1) is 21.8. The van der Waals surface area contributed by atoms with Crippen LogP contribution in [0.1, 0.15) is 51.5 Å². The minimum Gasteiger partial charge on any atom is -0.452 e. The molecule has 0 bridgehead atoms. The predicted octanol–water partition coefficient (Wildman–Crippen LogP) is 6.55. The minimum atomic E-state index is -1.18. The van der Waals surface area contributed by atoms with E-state index in [1.807, 2.05) is 19.1 Å². The second kappa shape index (κ2) is 14.4. The number of benzene rings is 2. The van der Waals surface area contributed by atoms with E-state index in [1.165, 1.54) is 24.4 Å². The summed E-state index contributed by atoms with van der Waals surface area (Å²) in [6.07, 6.45) is 7.21. The van der Waals surface area contributed by atoms with Crippen molar-refractivity contribution in [2.45, 2.75) is 52.9 Å². The standard InChI is InChI=1S/C34H40FN7O3/c1-4-18-42(19-5-2)20-6-16-36-29-22-38-31-30(41-29)28(13-17-37-31)45-27-12-11-25(21-26(27)35)40-33(44)34(14-15-34)32(43)39-24-9-7-23(3)8-10-24/h7-13,17,21-22H,4-6,14-16,18-20H2,1-3H3,(H,36,41)(H,39,43)(H,40,44). The number of hydrogen-bond donors (Lipinski definition) is 3. The van der Waals surface area contributed by atoms with Crippen molar-refractivity contribution in [2.24, 2.45) is 5.41 Å². The second-order valence-electron chi connectivity index (χ2n) is 11.5. The fourth-order valence-electron chi connectivity index (χ4n) is 5.15. The highest BCUT2D eigenvalue weighted by Crippen LogP contribution is 2.47. The zero-order valence-corrected chi connectivity index (χ0v) is 26.0. The highest BCUT2D eigenvalue weighted by atomic mass is 19.1. The molecule has 4 aromatic rings. The highest BCUT2D eigenvalue weighted by Gasteiger charge is 2.56. The zero-order chi connectivity index (χ0) is 31.8. The normalized spacial score (nSPS) is 13.4. The van der Waals surface area contributed by atoms with Gasteiger partial charge in [0.2, 0.25) is 11.8 Å². The van der Waals surface area contributed by atoms with Crippen molar-refractivity contribution in [3.8, 4) is 11.5 Å². The number of aryl methyl sites for hydroxylation is 1. The topological polar surface area (TPSA) is 121 Å². The number of carbonyl (C=O) groups is 2. The van der Waals surface area contributed by atoms with Crippen LogP contribution in [0.2, 0.25) is 0 Å². The van der Waals surface area contributed by atoms with Crippen molar-refractivity contribution in [3.05, 3.63) is 72.3 Å². The van der Waals surface area contributed by atoms with Crippen LogP contribution in [-0.4, -0.2) is 57.8 Å². The maximum Gasteiger partial charge on any atom is 0.240 e. The number of nitrogens with zero attached hydrogens (tertiary/aromatic N) is 4. The van der Waals surface area contributed by atoms with Gasteiger partial charge in [-0.3, -0.25) is 9.59 Å². The molecule has 45 heavy (non-hydrogen) atoms. The molecule has 0 saturated heterocycles. The van der Waals surface area contributed by atoms with Crippen molar-refractivity contribution in [1.29, 1.82) is 0 Å². The average molecular weight is 614 g/mol. The summed E-state index contributed by atoms with van der Waals surface area (Å²) >= 11 is 0. The molecular formula is C34H40FN7O3. The number of rotatable bonds is 15. The molecule has 2 aromatic carbocycles. The van der Waals surface area contributed by atoms with Crippen LogP contribution in [0.5, 0.6) is 11.5 Å². The Morgan fingerprint density at radius 3 is 2.27 bits per heavy atom. The van der Waals surface area contributed by atoms with Crippen molar-refractivity contribution in [3.63, 3.8) is 0 Å². The number of nitrogens with one attached hydrogen (secondary N) is 3. The van der Waals surface area contributed by atoms with E-state index in [-0.39, 0.29) is 17.3 Å². The molecule has 1 saturated carbocycles. The molecule has 0 aliphatic heterocycles. The number of fused-ring (bicyclic) bond motifs is 1. The lowest BCUT2D eigenvalue weighted by Gasteiger charge is -2.20. The van der Waals surface area contributed by atoms with Crippen LogP contribution in [0, 0.1) is 18.2 Å². The van der Waals surface area contributed by atoms with E-state index in [9.17, 15) is 9.59 Å². The van der Waals surface area contributed by atoms with E-state index in [0.29, 0.717) is 41.3 Å². The first-order valence-electron chi connectivity index (χ1n) is 15.6.